The maximum atomic E-state index is 6.86. The van der Waals surface area contributed by atoms with Crippen LogP contribution in [0.15, 0.2) is 181 Å². The SMILES string of the molecule is C1=CC2Sc3ccc(N(c4ccccc4)c4cc5c6ccccc6c(Oc6ccc7sc8ccccc8c7c6)cc5c5ccccc45)cc3C2C=C1. The smallest absolute Gasteiger partial charge is 0.135 e. The lowest BCUT2D eigenvalue weighted by atomic mass is 9.91. The molecule has 1 aliphatic heterocycles. The van der Waals surface area contributed by atoms with Crippen LogP contribution in [-0.4, -0.2) is 5.25 Å². The first-order valence-corrected chi connectivity index (χ1v) is 19.4. The molecule has 0 saturated heterocycles. The van der Waals surface area contributed by atoms with E-state index in [-0.39, 0.29) is 0 Å². The molecule has 246 valence electrons. The fourth-order valence-electron chi connectivity index (χ4n) is 8.24. The number of allylic oxidation sites excluding steroid dienone is 3. The van der Waals surface area contributed by atoms with Gasteiger partial charge >= 0.3 is 0 Å². The van der Waals surface area contributed by atoms with Crippen LogP contribution in [0.3, 0.4) is 0 Å². The minimum atomic E-state index is 0.387. The quantitative estimate of drug-likeness (QED) is 0.166. The number of thioether (sulfide) groups is 1. The molecule has 1 aliphatic carbocycles. The van der Waals surface area contributed by atoms with Gasteiger partial charge in [-0.15, -0.1) is 23.1 Å². The number of anilines is 3. The van der Waals surface area contributed by atoms with Crippen LogP contribution in [0.4, 0.5) is 17.1 Å². The van der Waals surface area contributed by atoms with Crippen molar-refractivity contribution in [3.8, 4) is 11.5 Å². The maximum Gasteiger partial charge on any atom is 0.135 e. The molecule has 11 rings (SSSR count). The Kier molecular flexibility index (Phi) is 6.82. The van der Waals surface area contributed by atoms with Gasteiger partial charge in [0.1, 0.15) is 11.5 Å². The molecule has 0 spiro atoms. The van der Waals surface area contributed by atoms with Crippen molar-refractivity contribution in [3.05, 3.63) is 182 Å². The number of para-hydroxylation sites is 1. The standard InChI is InChI=1S/C48H31NOS2/c1-2-12-30(13-3-1)49(31-22-24-47-41(26-31)37-18-8-10-20-45(37)51-47)43-28-39-34-15-5-7-17-36(34)44(29-40(39)33-14-4-6-16-35(33)43)50-32-23-25-48-42(27-32)38-19-9-11-21-46(38)52-48/h1-29,37,45H. The normalized spacial score (nSPS) is 16.2. The number of fused-ring (bicyclic) bond motifs is 11. The van der Waals surface area contributed by atoms with Gasteiger partial charge in [-0.3, -0.25) is 0 Å². The molecule has 2 heterocycles. The minimum Gasteiger partial charge on any atom is -0.457 e. The summed E-state index contributed by atoms with van der Waals surface area (Å²) < 4.78 is 9.42. The van der Waals surface area contributed by atoms with Crippen molar-refractivity contribution < 1.29 is 4.74 Å². The Labute approximate surface area is 309 Å². The zero-order chi connectivity index (χ0) is 34.2. The van der Waals surface area contributed by atoms with Crippen LogP contribution >= 0.6 is 23.1 Å². The van der Waals surface area contributed by atoms with Crippen molar-refractivity contribution in [1.82, 2.24) is 0 Å². The molecular weight excluding hydrogens is 671 g/mol. The highest BCUT2D eigenvalue weighted by molar-refractivity contribution is 8.00. The van der Waals surface area contributed by atoms with Crippen molar-refractivity contribution in [1.29, 1.82) is 0 Å². The maximum absolute atomic E-state index is 6.86. The molecule has 0 N–H and O–H groups in total. The predicted octanol–water partition coefficient (Wildman–Crippen LogP) is 14.5. The number of nitrogens with zero attached hydrogens (tertiary/aromatic N) is 1. The minimum absolute atomic E-state index is 0.387. The number of benzene rings is 8. The van der Waals surface area contributed by atoms with E-state index >= 15 is 0 Å². The third-order valence-electron chi connectivity index (χ3n) is 10.6. The lowest BCUT2D eigenvalue weighted by Gasteiger charge is -2.28. The fourth-order valence-corrected chi connectivity index (χ4v) is 10.6. The van der Waals surface area contributed by atoms with E-state index in [9.17, 15) is 0 Å². The van der Waals surface area contributed by atoms with Crippen molar-refractivity contribution in [2.45, 2.75) is 16.1 Å². The summed E-state index contributed by atoms with van der Waals surface area (Å²) in [4.78, 5) is 3.82. The Balaban J connectivity index is 1.12. The van der Waals surface area contributed by atoms with Crippen LogP contribution in [0, 0.1) is 0 Å². The van der Waals surface area contributed by atoms with Crippen LogP contribution in [0.2, 0.25) is 0 Å². The van der Waals surface area contributed by atoms with E-state index in [1.165, 1.54) is 63.2 Å². The lowest BCUT2D eigenvalue weighted by Crippen LogP contribution is -2.12. The largest absolute Gasteiger partial charge is 0.457 e. The lowest BCUT2D eigenvalue weighted by molar-refractivity contribution is 0.490. The molecule has 2 unspecified atom stereocenters. The summed E-state index contributed by atoms with van der Waals surface area (Å²) in [6.07, 6.45) is 9.08. The van der Waals surface area contributed by atoms with Gasteiger partial charge in [-0.25, -0.2) is 0 Å². The Bertz CT molecular complexity index is 2940. The van der Waals surface area contributed by atoms with Crippen molar-refractivity contribution in [2.75, 3.05) is 4.90 Å². The second-order valence-corrected chi connectivity index (χ2v) is 15.9. The molecule has 1 aromatic heterocycles. The molecule has 2 atom stereocenters. The number of hydrogen-bond acceptors (Lipinski definition) is 4. The molecular formula is C48H31NOS2. The fraction of sp³-hybridized carbons (Fsp3) is 0.0417. The molecule has 52 heavy (non-hydrogen) atoms. The Morgan fingerprint density at radius 2 is 1.17 bits per heavy atom. The van der Waals surface area contributed by atoms with E-state index in [0.717, 1.165) is 28.3 Å². The van der Waals surface area contributed by atoms with E-state index < -0.39 is 0 Å². The molecule has 9 aromatic rings. The molecule has 4 heteroatoms. The highest BCUT2D eigenvalue weighted by atomic mass is 32.2. The zero-order valence-corrected chi connectivity index (χ0v) is 29.7. The van der Waals surface area contributed by atoms with Gasteiger partial charge in [0.2, 0.25) is 0 Å². The van der Waals surface area contributed by atoms with Gasteiger partial charge in [-0.2, -0.15) is 0 Å². The van der Waals surface area contributed by atoms with Crippen LogP contribution in [0.5, 0.6) is 11.5 Å². The first-order chi connectivity index (χ1) is 25.8. The number of ether oxygens (including phenoxy) is 1. The molecule has 0 amide bonds. The first-order valence-electron chi connectivity index (χ1n) is 17.7. The number of thiophene rings is 1. The summed E-state index contributed by atoms with van der Waals surface area (Å²) in [7, 11) is 0. The Morgan fingerprint density at radius 1 is 0.481 bits per heavy atom. The monoisotopic (exact) mass is 701 g/mol. The van der Waals surface area contributed by atoms with Crippen LogP contribution < -0.4 is 9.64 Å². The topological polar surface area (TPSA) is 12.5 Å². The average Bonchev–Trinajstić information content (AvgIpc) is 3.77. The van der Waals surface area contributed by atoms with Gasteiger partial charge in [0.15, 0.2) is 0 Å². The molecule has 2 aliphatic rings. The van der Waals surface area contributed by atoms with E-state index in [0.29, 0.717) is 11.2 Å². The molecule has 2 nitrogen and oxygen atoms in total. The Morgan fingerprint density at radius 3 is 2.04 bits per heavy atom. The summed E-state index contributed by atoms with van der Waals surface area (Å²) in [5.41, 5.74) is 4.86. The molecule has 0 bridgehead atoms. The van der Waals surface area contributed by atoms with E-state index in [2.05, 4.69) is 181 Å². The van der Waals surface area contributed by atoms with Gasteiger partial charge in [0.05, 0.1) is 5.69 Å². The van der Waals surface area contributed by atoms with Crippen molar-refractivity contribution in [2.24, 2.45) is 0 Å². The summed E-state index contributed by atoms with van der Waals surface area (Å²) in [6, 6.07) is 55.1. The Hall–Kier alpha value is -5.81. The van der Waals surface area contributed by atoms with Crippen LogP contribution in [-0.2, 0) is 0 Å². The van der Waals surface area contributed by atoms with Gasteiger partial charge in [0, 0.05) is 58.4 Å². The molecule has 8 aromatic carbocycles. The van der Waals surface area contributed by atoms with Gasteiger partial charge in [-0.1, -0.05) is 109 Å². The predicted molar refractivity (Wildman–Crippen MR) is 224 cm³/mol. The highest BCUT2D eigenvalue weighted by Gasteiger charge is 2.32. The van der Waals surface area contributed by atoms with E-state index in [4.69, 9.17) is 4.74 Å². The summed E-state index contributed by atoms with van der Waals surface area (Å²) in [5.74, 6) is 2.09. The second kappa shape index (κ2) is 11.9. The van der Waals surface area contributed by atoms with Gasteiger partial charge < -0.3 is 9.64 Å². The van der Waals surface area contributed by atoms with Gasteiger partial charge in [-0.05, 0) is 93.8 Å². The molecule has 0 saturated carbocycles. The summed E-state index contributed by atoms with van der Waals surface area (Å²) in [6.45, 7) is 0. The molecule has 0 fully saturated rings. The van der Waals surface area contributed by atoms with Crippen LogP contribution in [0.1, 0.15) is 11.5 Å². The van der Waals surface area contributed by atoms with E-state index in [1.54, 1.807) is 0 Å². The third kappa shape index (κ3) is 4.72. The van der Waals surface area contributed by atoms with E-state index in [1.807, 2.05) is 23.1 Å². The second-order valence-electron chi connectivity index (χ2n) is 13.6. The van der Waals surface area contributed by atoms with Crippen LogP contribution in [0.25, 0.3) is 52.5 Å². The number of rotatable bonds is 5. The first kappa shape index (κ1) is 29.9. The highest BCUT2D eigenvalue weighted by Crippen LogP contribution is 2.51. The number of hydrogen-bond donors (Lipinski definition) is 0. The average molecular weight is 702 g/mol. The van der Waals surface area contributed by atoms with Crippen molar-refractivity contribution in [3.63, 3.8) is 0 Å². The zero-order valence-electron chi connectivity index (χ0n) is 28.1. The third-order valence-corrected chi connectivity index (χ3v) is 13.1. The summed E-state index contributed by atoms with van der Waals surface area (Å²) in [5, 5.41) is 9.99. The molecule has 0 radical (unpaired) electrons. The summed E-state index contributed by atoms with van der Waals surface area (Å²) >= 11 is 3.80. The van der Waals surface area contributed by atoms with Gasteiger partial charge in [0.25, 0.3) is 0 Å². The van der Waals surface area contributed by atoms with Crippen molar-refractivity contribution >= 4 is 92.7 Å².